The normalized spacial score (nSPS) is 17.2. The highest BCUT2D eigenvalue weighted by Crippen LogP contribution is 2.45. The van der Waals surface area contributed by atoms with E-state index >= 15 is 0 Å². The van der Waals surface area contributed by atoms with Gasteiger partial charge in [-0.1, -0.05) is 24.3 Å². The van der Waals surface area contributed by atoms with Crippen molar-refractivity contribution in [1.82, 2.24) is 0 Å². The Morgan fingerprint density at radius 1 is 0.846 bits per heavy atom. The van der Waals surface area contributed by atoms with Crippen molar-refractivity contribution in [3.63, 3.8) is 0 Å². The number of carboxylic acids is 2. The molecule has 0 fully saturated rings. The average Bonchev–Trinajstić information content (AvgIpc) is 2.52. The number of carboxylic acid groups (broad SMARTS) is 2. The molecule has 0 saturated heterocycles. The lowest BCUT2D eigenvalue weighted by Crippen LogP contribution is -2.48. The Labute approximate surface area is 147 Å². The molecule has 1 aliphatic rings. The zero-order chi connectivity index (χ0) is 19.9. The molecule has 4 N–H and O–H groups in total. The third kappa shape index (κ3) is 3.14. The molecule has 12 heteroatoms. The van der Waals surface area contributed by atoms with E-state index in [2.05, 4.69) is 0 Å². The van der Waals surface area contributed by atoms with Crippen molar-refractivity contribution in [2.45, 2.75) is 10.5 Å². The molecule has 140 valence electrons. The van der Waals surface area contributed by atoms with Crippen LogP contribution in [0.15, 0.2) is 42.0 Å². The van der Waals surface area contributed by atoms with Crippen molar-refractivity contribution in [3.05, 3.63) is 53.1 Å². The summed E-state index contributed by atoms with van der Waals surface area (Å²) in [7, 11) is -11.1. The van der Waals surface area contributed by atoms with Gasteiger partial charge in [-0.2, -0.15) is 16.8 Å². The summed E-state index contributed by atoms with van der Waals surface area (Å²) in [5.74, 6) is -2.93. The quantitative estimate of drug-likeness (QED) is 0.508. The van der Waals surface area contributed by atoms with Crippen molar-refractivity contribution in [3.8, 4) is 0 Å². The van der Waals surface area contributed by atoms with Crippen LogP contribution >= 0.6 is 0 Å². The Balaban J connectivity index is 2.84. The van der Waals surface area contributed by atoms with Crippen LogP contribution in [0.5, 0.6) is 0 Å². The molecule has 0 spiro atoms. The minimum Gasteiger partial charge on any atom is -0.478 e. The highest BCUT2D eigenvalue weighted by atomic mass is 32.3. The predicted molar refractivity (Wildman–Crippen MR) is 87.5 cm³/mol. The number of hydrogen-bond acceptors (Lipinski definition) is 6. The summed E-state index contributed by atoms with van der Waals surface area (Å²) in [6, 6.07) is 4.24. The third-order valence-corrected chi connectivity index (χ3v) is 7.49. The molecule has 0 aliphatic heterocycles. The summed E-state index contributed by atoms with van der Waals surface area (Å²) in [6.45, 7) is 0. The van der Waals surface area contributed by atoms with Crippen LogP contribution in [0.2, 0.25) is 0 Å². The Morgan fingerprint density at radius 3 is 1.73 bits per heavy atom. The van der Waals surface area contributed by atoms with E-state index in [1.165, 1.54) is 0 Å². The first-order valence-electron chi connectivity index (χ1n) is 6.73. The molecule has 2 rings (SSSR count). The van der Waals surface area contributed by atoms with Gasteiger partial charge in [0, 0.05) is 17.6 Å². The smallest absolute Gasteiger partial charge is 0.335 e. The molecule has 1 aromatic rings. The molecule has 1 aromatic carbocycles. The molecular formula is C14H12O10S2. The van der Waals surface area contributed by atoms with Crippen molar-refractivity contribution in [2.75, 3.05) is 0 Å². The molecule has 0 bridgehead atoms. The van der Waals surface area contributed by atoms with Crippen molar-refractivity contribution >= 4 is 37.7 Å². The molecule has 0 radical (unpaired) electrons. The minimum atomic E-state index is -5.56. The number of aromatic carboxylic acids is 1. The Morgan fingerprint density at radius 2 is 1.35 bits per heavy atom. The van der Waals surface area contributed by atoms with Crippen LogP contribution in [0, 0.1) is 0 Å². The van der Waals surface area contributed by atoms with E-state index in [-0.39, 0.29) is 11.1 Å². The molecule has 1 aliphatic carbocycles. The molecule has 0 amide bonds. The lowest BCUT2D eigenvalue weighted by atomic mass is 9.91. The minimum absolute atomic E-state index is 0.147. The fraction of sp³-hybridized carbons (Fsp3) is 0.143. The van der Waals surface area contributed by atoms with Crippen LogP contribution < -0.4 is 0 Å². The van der Waals surface area contributed by atoms with Crippen molar-refractivity contribution in [2.24, 2.45) is 0 Å². The van der Waals surface area contributed by atoms with Gasteiger partial charge in [-0.15, -0.1) is 0 Å². The van der Waals surface area contributed by atoms with E-state index in [0.717, 1.165) is 36.4 Å². The second kappa shape index (κ2) is 6.32. The predicted octanol–water partition coefficient (Wildman–Crippen LogP) is 0.655. The van der Waals surface area contributed by atoms with Gasteiger partial charge in [0.05, 0.1) is 5.56 Å². The Bertz CT molecular complexity index is 1010. The lowest BCUT2D eigenvalue weighted by molar-refractivity contribution is -0.132. The monoisotopic (exact) mass is 404 g/mol. The zero-order valence-corrected chi connectivity index (χ0v) is 14.4. The van der Waals surface area contributed by atoms with Gasteiger partial charge >= 0.3 is 11.9 Å². The number of benzene rings is 1. The Hall–Kier alpha value is -2.54. The first-order valence-corrected chi connectivity index (χ1v) is 9.61. The number of allylic oxidation sites excluding steroid dienone is 2. The van der Waals surface area contributed by atoms with Gasteiger partial charge in [0.1, 0.15) is 0 Å². The van der Waals surface area contributed by atoms with Gasteiger partial charge in [0.15, 0.2) is 0 Å². The fourth-order valence-electron chi connectivity index (χ4n) is 2.56. The number of rotatable bonds is 5. The summed E-state index contributed by atoms with van der Waals surface area (Å²) < 4.78 is 63.6. The van der Waals surface area contributed by atoms with Crippen molar-refractivity contribution < 1.29 is 45.7 Å². The van der Waals surface area contributed by atoms with E-state index < -0.39 is 53.8 Å². The van der Waals surface area contributed by atoms with Crippen LogP contribution in [0.3, 0.4) is 0 Å². The first-order chi connectivity index (χ1) is 11.8. The third-order valence-electron chi connectivity index (χ3n) is 3.84. The van der Waals surface area contributed by atoms with Gasteiger partial charge in [-0.25, -0.2) is 9.59 Å². The van der Waals surface area contributed by atoms with Gasteiger partial charge in [-0.05, 0) is 17.7 Å². The van der Waals surface area contributed by atoms with Crippen LogP contribution in [0.1, 0.15) is 22.3 Å². The van der Waals surface area contributed by atoms with Gasteiger partial charge in [-0.3, -0.25) is 9.11 Å². The van der Waals surface area contributed by atoms with E-state index in [9.17, 15) is 35.5 Å². The van der Waals surface area contributed by atoms with Crippen LogP contribution in [-0.4, -0.2) is 52.2 Å². The Kier molecular flexibility index (Phi) is 4.81. The zero-order valence-electron chi connectivity index (χ0n) is 12.7. The van der Waals surface area contributed by atoms with Crippen LogP contribution in [0.4, 0.5) is 0 Å². The van der Waals surface area contributed by atoms with E-state index in [1.54, 1.807) is 0 Å². The molecule has 0 unspecified atom stereocenters. The van der Waals surface area contributed by atoms with Crippen LogP contribution in [-0.2, 0) is 25.0 Å². The summed E-state index contributed by atoms with van der Waals surface area (Å²) in [5, 5.41) is 17.9. The summed E-state index contributed by atoms with van der Waals surface area (Å²) in [4.78, 5) is 22.0. The summed E-state index contributed by atoms with van der Waals surface area (Å²) >= 11 is 0. The number of carbonyl (C=O) groups is 2. The van der Waals surface area contributed by atoms with Gasteiger partial charge in [0.2, 0.25) is 0 Å². The summed E-state index contributed by atoms with van der Waals surface area (Å²) in [5.41, 5.74) is -1.63. The fourth-order valence-corrected chi connectivity index (χ4v) is 5.23. The SMILES string of the molecule is O=C(O)C1=CC=C(c2ccc(C(=O)O)cc2)C(S(=O)(=O)O)(S(=O)(=O)O)C1. The molecule has 10 nitrogen and oxygen atoms in total. The van der Waals surface area contributed by atoms with E-state index in [0.29, 0.717) is 0 Å². The topological polar surface area (TPSA) is 183 Å². The van der Waals surface area contributed by atoms with E-state index in [1.807, 2.05) is 0 Å². The lowest BCUT2D eigenvalue weighted by Gasteiger charge is -2.32. The summed E-state index contributed by atoms with van der Waals surface area (Å²) in [6.07, 6.45) is 0.508. The second-order valence-electron chi connectivity index (χ2n) is 5.34. The molecular weight excluding hydrogens is 392 g/mol. The second-order valence-corrected chi connectivity index (χ2v) is 8.89. The maximum absolute atomic E-state index is 11.9. The largest absolute Gasteiger partial charge is 0.478 e. The average molecular weight is 404 g/mol. The maximum Gasteiger partial charge on any atom is 0.335 e. The molecule has 0 atom stereocenters. The van der Waals surface area contributed by atoms with E-state index in [4.69, 9.17) is 10.2 Å². The molecule has 0 aromatic heterocycles. The highest BCUT2D eigenvalue weighted by Gasteiger charge is 2.59. The first kappa shape index (κ1) is 19.8. The maximum atomic E-state index is 11.9. The molecule has 0 heterocycles. The number of aliphatic carboxylic acids is 1. The number of hydrogen-bond donors (Lipinski definition) is 4. The van der Waals surface area contributed by atoms with Crippen molar-refractivity contribution in [1.29, 1.82) is 0 Å². The standard InChI is InChI=1S/C14H12O10S2/c15-12(16)9-3-1-8(2-4-9)11-6-5-10(13(17)18)7-14(11,25(19,20)21)26(22,23)24/h1-6H,7H2,(H,15,16)(H,17,18)(H,19,20,21)(H,22,23,24). The molecule has 26 heavy (non-hydrogen) atoms. The van der Waals surface area contributed by atoms with Gasteiger partial charge < -0.3 is 10.2 Å². The van der Waals surface area contributed by atoms with Gasteiger partial charge in [0.25, 0.3) is 24.3 Å². The highest BCUT2D eigenvalue weighted by molar-refractivity contribution is 8.06. The molecule has 0 saturated carbocycles. The van der Waals surface area contributed by atoms with Crippen LogP contribution in [0.25, 0.3) is 5.57 Å².